The Labute approximate surface area is 121 Å². The highest BCUT2D eigenvalue weighted by Crippen LogP contribution is 2.52. The van der Waals surface area contributed by atoms with E-state index in [-0.39, 0.29) is 0 Å². The minimum Gasteiger partial charge on any atom is -0.465 e. The van der Waals surface area contributed by atoms with Crippen molar-refractivity contribution in [1.82, 2.24) is 19.9 Å². The van der Waals surface area contributed by atoms with Crippen LogP contribution in [0, 0.1) is 17.8 Å². The van der Waals surface area contributed by atoms with E-state index in [1.54, 1.807) is 6.33 Å². The van der Waals surface area contributed by atoms with Crippen LogP contribution in [-0.4, -0.2) is 57.7 Å². The molecule has 1 aliphatic carbocycles. The van der Waals surface area contributed by atoms with Crippen molar-refractivity contribution in [2.75, 3.05) is 31.6 Å². The molecule has 110 valence electrons. The Morgan fingerprint density at radius 3 is 2.95 bits per heavy atom. The van der Waals surface area contributed by atoms with Crippen LogP contribution in [0.4, 0.5) is 10.6 Å². The first-order chi connectivity index (χ1) is 10.1. The van der Waals surface area contributed by atoms with Crippen LogP contribution in [0.5, 0.6) is 0 Å². The molecular formula is C14H17N5O2. The zero-order valence-corrected chi connectivity index (χ0v) is 11.7. The fourth-order valence-electron chi connectivity index (χ4n) is 3.64. The summed E-state index contributed by atoms with van der Waals surface area (Å²) in [7, 11) is 2.04. The molecule has 2 aromatic heterocycles. The second-order valence-corrected chi connectivity index (χ2v) is 6.00. The van der Waals surface area contributed by atoms with Gasteiger partial charge in [0.2, 0.25) is 0 Å². The zero-order chi connectivity index (χ0) is 14.6. The molecule has 0 radical (unpaired) electrons. The summed E-state index contributed by atoms with van der Waals surface area (Å²) in [6.07, 6.45) is 2.65. The molecule has 0 spiro atoms. The number of carboxylic acid groups (broad SMARTS) is 1. The summed E-state index contributed by atoms with van der Waals surface area (Å²) in [5.41, 5.74) is 0.847. The molecule has 0 aromatic carbocycles. The maximum Gasteiger partial charge on any atom is 0.407 e. The molecule has 1 saturated heterocycles. The van der Waals surface area contributed by atoms with Gasteiger partial charge in [-0.1, -0.05) is 0 Å². The molecule has 2 unspecified atom stereocenters. The van der Waals surface area contributed by atoms with Crippen LogP contribution in [0.15, 0.2) is 18.6 Å². The average molecular weight is 287 g/mol. The highest BCUT2D eigenvalue weighted by Gasteiger charge is 2.56. The smallest absolute Gasteiger partial charge is 0.407 e. The number of aromatic nitrogens is 3. The third-order valence-corrected chi connectivity index (χ3v) is 4.82. The first kappa shape index (κ1) is 12.4. The van der Waals surface area contributed by atoms with E-state index in [1.807, 2.05) is 19.3 Å². The van der Waals surface area contributed by atoms with Gasteiger partial charge in [0.05, 0.1) is 5.39 Å². The van der Waals surface area contributed by atoms with Crippen molar-refractivity contribution in [2.24, 2.45) is 17.8 Å². The summed E-state index contributed by atoms with van der Waals surface area (Å²) in [5.74, 6) is 2.55. The van der Waals surface area contributed by atoms with Crippen LogP contribution in [0.1, 0.15) is 0 Å². The van der Waals surface area contributed by atoms with E-state index in [4.69, 9.17) is 5.11 Å². The van der Waals surface area contributed by atoms with Gasteiger partial charge in [-0.2, -0.15) is 0 Å². The number of hydrogen-bond acceptors (Lipinski definition) is 4. The number of carbonyl (C=O) groups is 1. The topological polar surface area (TPSA) is 85.3 Å². The van der Waals surface area contributed by atoms with E-state index in [0.717, 1.165) is 23.4 Å². The number of hydrogen-bond donors (Lipinski definition) is 2. The number of fused-ring (bicyclic) bond motifs is 2. The SMILES string of the molecule is CN(CC1C2CN(C(=O)O)CC21)c1ncnc2[nH]ccc12. The van der Waals surface area contributed by atoms with Gasteiger partial charge in [-0.3, -0.25) is 0 Å². The Balaban J connectivity index is 1.45. The summed E-state index contributed by atoms with van der Waals surface area (Å²) < 4.78 is 0. The number of rotatable bonds is 3. The predicted molar refractivity (Wildman–Crippen MR) is 77.2 cm³/mol. The lowest BCUT2D eigenvalue weighted by Gasteiger charge is -2.21. The van der Waals surface area contributed by atoms with E-state index >= 15 is 0 Å². The molecular weight excluding hydrogens is 270 g/mol. The summed E-state index contributed by atoms with van der Waals surface area (Å²) in [4.78, 5) is 26.3. The molecule has 7 nitrogen and oxygen atoms in total. The molecule has 1 saturated carbocycles. The lowest BCUT2D eigenvalue weighted by atomic mass is 10.2. The van der Waals surface area contributed by atoms with Crippen LogP contribution >= 0.6 is 0 Å². The molecule has 2 N–H and O–H groups in total. The third-order valence-electron chi connectivity index (χ3n) is 4.82. The molecule has 21 heavy (non-hydrogen) atoms. The van der Waals surface area contributed by atoms with E-state index in [9.17, 15) is 4.79 Å². The highest BCUT2D eigenvalue weighted by atomic mass is 16.4. The standard InChI is InChI=1S/C14H17N5O2/c1-18(13-8-2-3-15-12(8)16-7-17-13)4-9-10-5-19(14(20)21)6-11(9)10/h2-3,7,9-11H,4-6H2,1H3,(H,20,21)(H,15,16,17). The second-order valence-electron chi connectivity index (χ2n) is 6.00. The maximum absolute atomic E-state index is 10.9. The number of nitrogens with zero attached hydrogens (tertiary/aromatic N) is 4. The van der Waals surface area contributed by atoms with Crippen molar-refractivity contribution in [3.05, 3.63) is 18.6 Å². The maximum atomic E-state index is 10.9. The summed E-state index contributed by atoms with van der Waals surface area (Å²) >= 11 is 0. The van der Waals surface area contributed by atoms with Crippen molar-refractivity contribution in [1.29, 1.82) is 0 Å². The van der Waals surface area contributed by atoms with Gasteiger partial charge in [0, 0.05) is 32.9 Å². The summed E-state index contributed by atoms with van der Waals surface area (Å²) in [6, 6.07) is 1.99. The molecule has 0 bridgehead atoms. The summed E-state index contributed by atoms with van der Waals surface area (Å²) in [6.45, 7) is 2.28. The van der Waals surface area contributed by atoms with E-state index in [2.05, 4.69) is 19.9 Å². The van der Waals surface area contributed by atoms with Gasteiger partial charge in [0.25, 0.3) is 0 Å². The molecule has 1 aliphatic heterocycles. The predicted octanol–water partition coefficient (Wildman–Crippen LogP) is 1.25. The fraction of sp³-hybridized carbons (Fsp3) is 0.500. The largest absolute Gasteiger partial charge is 0.465 e. The quantitative estimate of drug-likeness (QED) is 0.887. The van der Waals surface area contributed by atoms with Crippen LogP contribution in [0.3, 0.4) is 0 Å². The lowest BCUT2D eigenvalue weighted by Crippen LogP contribution is -2.32. The molecule has 4 rings (SSSR count). The Bertz CT molecular complexity index is 687. The van der Waals surface area contributed by atoms with E-state index in [1.165, 1.54) is 4.90 Å². The molecule has 2 atom stereocenters. The molecule has 2 fully saturated rings. The molecule has 2 aliphatic rings. The number of aromatic amines is 1. The van der Waals surface area contributed by atoms with Crippen molar-refractivity contribution in [3.8, 4) is 0 Å². The number of anilines is 1. The van der Waals surface area contributed by atoms with Gasteiger partial charge < -0.3 is 19.9 Å². The van der Waals surface area contributed by atoms with Gasteiger partial charge in [-0.25, -0.2) is 14.8 Å². The van der Waals surface area contributed by atoms with Crippen LogP contribution in [0.25, 0.3) is 11.0 Å². The minimum absolute atomic E-state index is 0.520. The van der Waals surface area contributed by atoms with Crippen molar-refractivity contribution < 1.29 is 9.90 Å². The van der Waals surface area contributed by atoms with Crippen molar-refractivity contribution >= 4 is 22.9 Å². The van der Waals surface area contributed by atoms with Gasteiger partial charge in [-0.05, 0) is 23.8 Å². The minimum atomic E-state index is -0.792. The Kier molecular flexibility index (Phi) is 2.57. The molecule has 2 aromatic rings. The number of likely N-dealkylation sites (tertiary alicyclic amines) is 1. The number of amides is 1. The van der Waals surface area contributed by atoms with Crippen molar-refractivity contribution in [2.45, 2.75) is 0 Å². The Morgan fingerprint density at radius 1 is 1.48 bits per heavy atom. The molecule has 1 amide bonds. The van der Waals surface area contributed by atoms with Crippen LogP contribution in [-0.2, 0) is 0 Å². The van der Waals surface area contributed by atoms with Gasteiger partial charge >= 0.3 is 6.09 Å². The summed E-state index contributed by atoms with van der Waals surface area (Å²) in [5, 5.41) is 10.0. The van der Waals surface area contributed by atoms with E-state index < -0.39 is 6.09 Å². The normalized spacial score (nSPS) is 26.9. The van der Waals surface area contributed by atoms with Gasteiger partial charge in [0.15, 0.2) is 0 Å². The zero-order valence-electron chi connectivity index (χ0n) is 11.7. The van der Waals surface area contributed by atoms with Gasteiger partial charge in [-0.15, -0.1) is 0 Å². The Hall–Kier alpha value is -2.31. The Morgan fingerprint density at radius 2 is 2.24 bits per heavy atom. The number of piperidine rings is 1. The second kappa shape index (κ2) is 4.34. The highest BCUT2D eigenvalue weighted by molar-refractivity contribution is 5.87. The van der Waals surface area contributed by atoms with Crippen molar-refractivity contribution in [3.63, 3.8) is 0 Å². The monoisotopic (exact) mass is 287 g/mol. The average Bonchev–Trinajstić information content (AvgIpc) is 2.92. The number of nitrogens with one attached hydrogen (secondary N) is 1. The third kappa shape index (κ3) is 1.91. The van der Waals surface area contributed by atoms with Gasteiger partial charge in [0.1, 0.15) is 17.8 Å². The molecule has 3 heterocycles. The fourth-order valence-corrected chi connectivity index (χ4v) is 3.64. The van der Waals surface area contributed by atoms with E-state index in [0.29, 0.717) is 30.8 Å². The first-order valence-electron chi connectivity index (χ1n) is 7.12. The van der Waals surface area contributed by atoms with Crippen LogP contribution in [0.2, 0.25) is 0 Å². The molecule has 7 heteroatoms. The van der Waals surface area contributed by atoms with Crippen LogP contribution < -0.4 is 4.90 Å². The first-order valence-corrected chi connectivity index (χ1v) is 7.12. The number of H-pyrrole nitrogens is 1. The lowest BCUT2D eigenvalue weighted by molar-refractivity contribution is 0.148.